The number of hydrogen-bond donors (Lipinski definition) is 0. The highest BCUT2D eigenvalue weighted by Gasteiger charge is 2.46. The van der Waals surface area contributed by atoms with E-state index < -0.39 is 29.4 Å². The molecule has 1 saturated heterocycles. The van der Waals surface area contributed by atoms with Crippen LogP contribution < -0.4 is 0 Å². The number of nitrogens with zero attached hydrogens (tertiary/aromatic N) is 3. The number of urea groups is 1. The summed E-state index contributed by atoms with van der Waals surface area (Å²) in [5, 5.41) is 0. The molecule has 2 aliphatic rings. The number of carbonyl (C=O) groups excluding carboxylic acids is 1. The molecule has 1 fully saturated rings. The maximum atomic E-state index is 14.9. The van der Waals surface area contributed by atoms with Gasteiger partial charge in [-0.15, -0.1) is 0 Å². The molecule has 3 atom stereocenters. The number of hydrogen-bond acceptors (Lipinski definition) is 2. The maximum absolute atomic E-state index is 14.9. The lowest BCUT2D eigenvalue weighted by molar-refractivity contribution is 0.0515. The summed E-state index contributed by atoms with van der Waals surface area (Å²) in [5.41, 5.74) is 0.711. The van der Waals surface area contributed by atoms with E-state index in [1.807, 2.05) is 55.3 Å². The Bertz CT molecular complexity index is 1040. The fourth-order valence-corrected chi connectivity index (χ4v) is 5.14. The van der Waals surface area contributed by atoms with Crippen molar-refractivity contribution >= 4 is 11.6 Å². The number of likely N-dealkylation sites (tertiary alicyclic amines) is 1. The number of piperidine rings is 1. The van der Waals surface area contributed by atoms with Crippen LogP contribution >= 0.6 is 0 Å². The fraction of sp³-hybridized carbons (Fsp3) is 0.423. The van der Waals surface area contributed by atoms with E-state index in [0.717, 1.165) is 17.7 Å². The molecule has 0 aromatic heterocycles. The van der Waals surface area contributed by atoms with Crippen LogP contribution in [0.4, 0.5) is 18.0 Å². The van der Waals surface area contributed by atoms with Crippen molar-refractivity contribution in [1.82, 2.24) is 14.7 Å². The smallest absolute Gasteiger partial charge is 0.321 e. The number of rotatable bonds is 4. The van der Waals surface area contributed by atoms with Gasteiger partial charge < -0.3 is 14.7 Å². The van der Waals surface area contributed by atoms with Crippen molar-refractivity contribution in [3.8, 4) is 0 Å². The Morgan fingerprint density at radius 1 is 1.18 bits per heavy atom. The average Bonchev–Trinajstić information content (AvgIpc) is 3.21. The van der Waals surface area contributed by atoms with Crippen LogP contribution in [-0.2, 0) is 5.54 Å². The molecule has 0 spiro atoms. The first-order valence-corrected chi connectivity index (χ1v) is 11.4. The van der Waals surface area contributed by atoms with Crippen molar-refractivity contribution in [2.24, 2.45) is 0 Å². The maximum Gasteiger partial charge on any atom is 0.321 e. The minimum atomic E-state index is -1.15. The van der Waals surface area contributed by atoms with Gasteiger partial charge in [-0.3, -0.25) is 0 Å². The molecule has 2 amide bonds. The van der Waals surface area contributed by atoms with Gasteiger partial charge in [-0.25, -0.2) is 18.0 Å². The number of benzene rings is 2. The molecule has 0 N–H and O–H groups in total. The lowest BCUT2D eigenvalue weighted by atomic mass is 9.86. The summed E-state index contributed by atoms with van der Waals surface area (Å²) in [6.45, 7) is 3.05. The summed E-state index contributed by atoms with van der Waals surface area (Å²) in [6, 6.07) is 12.0. The van der Waals surface area contributed by atoms with Crippen LogP contribution in [0.25, 0.3) is 5.57 Å². The number of alkyl halides is 1. The third-order valence-corrected chi connectivity index (χ3v) is 7.05. The van der Waals surface area contributed by atoms with Crippen molar-refractivity contribution in [3.63, 3.8) is 0 Å². The Kier molecular flexibility index (Phi) is 6.52. The van der Waals surface area contributed by atoms with Gasteiger partial charge in [0.1, 0.15) is 17.8 Å². The van der Waals surface area contributed by atoms with Gasteiger partial charge in [0.15, 0.2) is 0 Å². The van der Waals surface area contributed by atoms with Crippen LogP contribution in [0.5, 0.6) is 0 Å². The van der Waals surface area contributed by atoms with E-state index in [1.54, 1.807) is 11.9 Å². The van der Waals surface area contributed by atoms with Gasteiger partial charge in [-0.1, -0.05) is 37.3 Å². The first kappa shape index (κ1) is 23.4. The standard InChI is InChI=1S/C26H30F3N3O/c1-4-26(19-8-6-5-7-9-19)15-18(21-14-20(27)10-11-22(21)28)16-32(26)25(33)31(3)24-12-13-30(2)17-23(24)29/h5-11,14-15,23-24H,4,12-13,16-17H2,1-3H3/t23?,24?,26-/m0/s1. The Labute approximate surface area is 193 Å². The van der Waals surface area contributed by atoms with E-state index in [1.165, 1.54) is 11.0 Å². The predicted octanol–water partition coefficient (Wildman–Crippen LogP) is 5.06. The molecule has 0 aliphatic carbocycles. The van der Waals surface area contributed by atoms with E-state index in [-0.39, 0.29) is 24.7 Å². The quantitative estimate of drug-likeness (QED) is 0.642. The zero-order valence-corrected chi connectivity index (χ0v) is 19.3. The SMILES string of the molecule is CC[C@@]1(c2ccccc2)C=C(c2cc(F)ccc2F)CN1C(=O)N(C)C1CCN(C)CC1F. The summed E-state index contributed by atoms with van der Waals surface area (Å²) < 4.78 is 43.5. The van der Waals surface area contributed by atoms with Crippen molar-refractivity contribution in [2.75, 3.05) is 33.7 Å². The lowest BCUT2D eigenvalue weighted by Crippen LogP contribution is -2.57. The van der Waals surface area contributed by atoms with E-state index in [2.05, 4.69) is 0 Å². The third-order valence-electron chi connectivity index (χ3n) is 7.05. The summed E-state index contributed by atoms with van der Waals surface area (Å²) in [4.78, 5) is 18.9. The third kappa shape index (κ3) is 4.26. The van der Waals surface area contributed by atoms with Crippen LogP contribution in [0.3, 0.4) is 0 Å². The molecule has 2 heterocycles. The normalized spacial score (nSPS) is 25.8. The molecular formula is C26H30F3N3O. The monoisotopic (exact) mass is 457 g/mol. The topological polar surface area (TPSA) is 26.8 Å². The molecule has 2 aromatic rings. The van der Waals surface area contributed by atoms with Crippen LogP contribution in [0, 0.1) is 11.6 Å². The van der Waals surface area contributed by atoms with Crippen molar-refractivity contribution < 1.29 is 18.0 Å². The van der Waals surface area contributed by atoms with Gasteiger partial charge in [0.2, 0.25) is 0 Å². The molecule has 2 aromatic carbocycles. The van der Waals surface area contributed by atoms with E-state index in [4.69, 9.17) is 0 Å². The van der Waals surface area contributed by atoms with Gasteiger partial charge in [0.05, 0.1) is 11.6 Å². The minimum absolute atomic E-state index is 0.107. The van der Waals surface area contributed by atoms with Gasteiger partial charge in [0.25, 0.3) is 0 Å². The van der Waals surface area contributed by atoms with Gasteiger partial charge in [-0.2, -0.15) is 0 Å². The van der Waals surface area contributed by atoms with Crippen molar-refractivity contribution in [3.05, 3.63) is 77.4 Å². The molecular weight excluding hydrogens is 427 g/mol. The molecule has 0 bridgehead atoms. The molecule has 2 aliphatic heterocycles. The molecule has 7 heteroatoms. The summed E-state index contributed by atoms with van der Waals surface area (Å²) in [5.74, 6) is -1.08. The fourth-order valence-electron chi connectivity index (χ4n) is 5.14. The summed E-state index contributed by atoms with van der Waals surface area (Å²) >= 11 is 0. The van der Waals surface area contributed by atoms with E-state index in [9.17, 15) is 18.0 Å². The van der Waals surface area contributed by atoms with Crippen LogP contribution in [0.15, 0.2) is 54.6 Å². The Morgan fingerprint density at radius 2 is 1.91 bits per heavy atom. The van der Waals surface area contributed by atoms with E-state index in [0.29, 0.717) is 25.0 Å². The Morgan fingerprint density at radius 3 is 2.58 bits per heavy atom. The van der Waals surface area contributed by atoms with Crippen LogP contribution in [0.1, 0.15) is 30.9 Å². The average molecular weight is 458 g/mol. The first-order valence-electron chi connectivity index (χ1n) is 11.4. The zero-order chi connectivity index (χ0) is 23.8. The number of carbonyl (C=O) groups is 1. The second-order valence-corrected chi connectivity index (χ2v) is 9.05. The van der Waals surface area contributed by atoms with Gasteiger partial charge in [0, 0.05) is 32.2 Å². The second-order valence-electron chi connectivity index (χ2n) is 9.05. The largest absolute Gasteiger partial charge is 0.322 e. The highest BCUT2D eigenvalue weighted by Crippen LogP contribution is 2.44. The Balaban J connectivity index is 1.75. The second kappa shape index (κ2) is 9.21. The molecule has 33 heavy (non-hydrogen) atoms. The molecule has 0 radical (unpaired) electrons. The predicted molar refractivity (Wildman–Crippen MR) is 123 cm³/mol. The number of amides is 2. The first-order chi connectivity index (χ1) is 15.8. The van der Waals surface area contributed by atoms with Crippen molar-refractivity contribution in [1.29, 1.82) is 0 Å². The highest BCUT2D eigenvalue weighted by molar-refractivity contribution is 5.83. The zero-order valence-electron chi connectivity index (χ0n) is 19.3. The molecule has 2 unspecified atom stereocenters. The van der Waals surface area contributed by atoms with E-state index >= 15 is 0 Å². The number of halogens is 3. The van der Waals surface area contributed by atoms with Crippen LogP contribution in [-0.4, -0.2) is 66.7 Å². The minimum Gasteiger partial charge on any atom is -0.322 e. The molecule has 4 rings (SSSR count). The summed E-state index contributed by atoms with van der Waals surface area (Å²) in [7, 11) is 3.50. The van der Waals surface area contributed by atoms with Crippen LogP contribution in [0.2, 0.25) is 0 Å². The van der Waals surface area contributed by atoms with Gasteiger partial charge >= 0.3 is 6.03 Å². The summed E-state index contributed by atoms with van der Waals surface area (Å²) in [6.07, 6.45) is 1.79. The molecule has 176 valence electrons. The van der Waals surface area contributed by atoms with Gasteiger partial charge in [-0.05, 0) is 55.3 Å². The molecule has 0 saturated carbocycles. The lowest BCUT2D eigenvalue weighted by Gasteiger charge is -2.44. The van der Waals surface area contributed by atoms with Crippen molar-refractivity contribution in [2.45, 2.75) is 37.5 Å². The Hall–Kier alpha value is -2.80. The molecule has 4 nitrogen and oxygen atoms in total. The highest BCUT2D eigenvalue weighted by atomic mass is 19.1.